The van der Waals surface area contributed by atoms with Crippen LogP contribution in [0, 0.1) is 5.92 Å². The fraction of sp³-hybridized carbons (Fsp3) is 0.316. The lowest BCUT2D eigenvalue weighted by Gasteiger charge is -2.22. The lowest BCUT2D eigenvalue weighted by Crippen LogP contribution is -2.34. The summed E-state index contributed by atoms with van der Waals surface area (Å²) in [5, 5.41) is 6.97. The Morgan fingerprint density at radius 2 is 1.92 bits per heavy atom. The van der Waals surface area contributed by atoms with E-state index in [0.717, 1.165) is 31.5 Å². The van der Waals surface area contributed by atoms with E-state index >= 15 is 0 Å². The standard InChI is InChI=1S/C19H21ClN2O2.ClH/c20-16-5-3-4-14(12-16)13-24-18-7-2-1-6-17(18)22-19(23)15-8-10-21-11-9-15;/h1-7,12,15,21H,8-11,13H2,(H,22,23);1H. The van der Waals surface area contributed by atoms with Crippen molar-refractivity contribution in [2.24, 2.45) is 5.92 Å². The number of para-hydroxylation sites is 2. The highest BCUT2D eigenvalue weighted by atomic mass is 35.5. The molecule has 1 aliphatic rings. The average Bonchev–Trinajstić information content (AvgIpc) is 2.62. The van der Waals surface area contributed by atoms with Gasteiger partial charge in [0.25, 0.3) is 0 Å². The molecule has 1 fully saturated rings. The van der Waals surface area contributed by atoms with Gasteiger partial charge in [-0.3, -0.25) is 4.79 Å². The molecular weight excluding hydrogens is 359 g/mol. The number of halogens is 2. The zero-order valence-corrected chi connectivity index (χ0v) is 15.4. The van der Waals surface area contributed by atoms with Gasteiger partial charge in [-0.1, -0.05) is 35.9 Å². The van der Waals surface area contributed by atoms with Gasteiger partial charge in [-0.25, -0.2) is 0 Å². The van der Waals surface area contributed by atoms with E-state index in [9.17, 15) is 4.79 Å². The molecule has 0 radical (unpaired) electrons. The van der Waals surface area contributed by atoms with E-state index in [1.165, 1.54) is 0 Å². The van der Waals surface area contributed by atoms with Crippen LogP contribution in [-0.2, 0) is 11.4 Å². The molecule has 0 bridgehead atoms. The third-order valence-electron chi connectivity index (χ3n) is 4.14. The first kappa shape index (κ1) is 19.6. The topological polar surface area (TPSA) is 50.4 Å². The van der Waals surface area contributed by atoms with E-state index in [0.29, 0.717) is 23.1 Å². The Bertz CT molecular complexity index is 703. The molecule has 0 aliphatic carbocycles. The summed E-state index contributed by atoms with van der Waals surface area (Å²) in [5.74, 6) is 0.794. The lowest BCUT2D eigenvalue weighted by atomic mass is 9.97. The maximum atomic E-state index is 12.4. The van der Waals surface area contributed by atoms with Crippen LogP contribution in [0.4, 0.5) is 5.69 Å². The fourth-order valence-electron chi connectivity index (χ4n) is 2.80. The summed E-state index contributed by atoms with van der Waals surface area (Å²) in [6.07, 6.45) is 1.74. The molecule has 4 nitrogen and oxygen atoms in total. The molecule has 0 saturated carbocycles. The van der Waals surface area contributed by atoms with E-state index < -0.39 is 0 Å². The molecule has 0 atom stereocenters. The molecule has 3 rings (SSSR count). The Labute approximate surface area is 159 Å². The first-order chi connectivity index (χ1) is 11.7. The van der Waals surface area contributed by atoms with Gasteiger partial charge in [-0.2, -0.15) is 0 Å². The first-order valence-corrected chi connectivity index (χ1v) is 8.58. The van der Waals surface area contributed by atoms with E-state index in [4.69, 9.17) is 16.3 Å². The summed E-state index contributed by atoms with van der Waals surface area (Å²) >= 11 is 6.00. The second kappa shape index (κ2) is 9.66. The minimum atomic E-state index is 0. The monoisotopic (exact) mass is 380 g/mol. The predicted octanol–water partition coefficient (Wildman–Crippen LogP) is 4.28. The average molecular weight is 381 g/mol. The maximum Gasteiger partial charge on any atom is 0.227 e. The predicted molar refractivity (Wildman–Crippen MR) is 104 cm³/mol. The molecule has 0 unspecified atom stereocenters. The quantitative estimate of drug-likeness (QED) is 0.813. The van der Waals surface area contributed by atoms with Gasteiger partial charge in [0.2, 0.25) is 5.91 Å². The van der Waals surface area contributed by atoms with Crippen LogP contribution in [0.5, 0.6) is 5.75 Å². The molecule has 0 spiro atoms. The normalized spacial score (nSPS) is 14.4. The van der Waals surface area contributed by atoms with Gasteiger partial charge in [0.05, 0.1) is 5.69 Å². The summed E-state index contributed by atoms with van der Waals surface area (Å²) in [4.78, 5) is 12.4. The summed E-state index contributed by atoms with van der Waals surface area (Å²) in [6.45, 7) is 2.19. The molecule has 2 aromatic rings. The van der Waals surface area contributed by atoms with Crippen LogP contribution in [0.25, 0.3) is 0 Å². The van der Waals surface area contributed by atoms with Crippen LogP contribution >= 0.6 is 24.0 Å². The molecule has 134 valence electrons. The number of amides is 1. The second-order valence-electron chi connectivity index (χ2n) is 5.93. The largest absolute Gasteiger partial charge is 0.487 e. The van der Waals surface area contributed by atoms with Crippen LogP contribution in [0.2, 0.25) is 5.02 Å². The van der Waals surface area contributed by atoms with E-state index in [1.54, 1.807) is 0 Å². The summed E-state index contributed by atoms with van der Waals surface area (Å²) in [5.41, 5.74) is 1.70. The van der Waals surface area contributed by atoms with E-state index in [2.05, 4.69) is 10.6 Å². The molecule has 0 aromatic heterocycles. The van der Waals surface area contributed by atoms with Gasteiger partial charge < -0.3 is 15.4 Å². The molecular formula is C19H22Cl2N2O2. The van der Waals surface area contributed by atoms with Gasteiger partial charge in [0.15, 0.2) is 0 Å². The smallest absolute Gasteiger partial charge is 0.227 e. The fourth-order valence-corrected chi connectivity index (χ4v) is 3.02. The Hall–Kier alpha value is -1.75. The van der Waals surface area contributed by atoms with Crippen molar-refractivity contribution in [1.82, 2.24) is 5.32 Å². The molecule has 1 amide bonds. The Balaban J connectivity index is 0.00000225. The van der Waals surface area contributed by atoms with E-state index in [1.807, 2.05) is 48.5 Å². The van der Waals surface area contributed by atoms with E-state index in [-0.39, 0.29) is 24.2 Å². The third kappa shape index (κ3) is 5.63. The Morgan fingerprint density at radius 3 is 2.68 bits per heavy atom. The SMILES string of the molecule is Cl.O=C(Nc1ccccc1OCc1cccc(Cl)c1)C1CCNCC1. The summed E-state index contributed by atoms with van der Waals surface area (Å²) in [6, 6.07) is 15.1. The second-order valence-corrected chi connectivity index (χ2v) is 6.36. The number of nitrogens with one attached hydrogen (secondary N) is 2. The number of benzene rings is 2. The zero-order chi connectivity index (χ0) is 16.8. The summed E-state index contributed by atoms with van der Waals surface area (Å²) in [7, 11) is 0. The first-order valence-electron chi connectivity index (χ1n) is 8.20. The Kier molecular flexibility index (Phi) is 7.56. The molecule has 2 N–H and O–H groups in total. The third-order valence-corrected chi connectivity index (χ3v) is 4.37. The van der Waals surface area contributed by atoms with Gasteiger partial charge in [0.1, 0.15) is 12.4 Å². The van der Waals surface area contributed by atoms with Crippen LogP contribution in [0.15, 0.2) is 48.5 Å². The minimum Gasteiger partial charge on any atom is -0.487 e. The van der Waals surface area contributed by atoms with Crippen molar-refractivity contribution >= 4 is 35.6 Å². The van der Waals surface area contributed by atoms with Crippen molar-refractivity contribution in [2.75, 3.05) is 18.4 Å². The lowest BCUT2D eigenvalue weighted by molar-refractivity contribution is -0.120. The number of anilines is 1. The number of carbonyl (C=O) groups excluding carboxylic acids is 1. The van der Waals surface area contributed by atoms with Crippen molar-refractivity contribution in [3.8, 4) is 5.75 Å². The van der Waals surface area contributed by atoms with Crippen molar-refractivity contribution in [3.05, 3.63) is 59.1 Å². The number of hydrogen-bond acceptors (Lipinski definition) is 3. The van der Waals surface area contributed by atoms with Gasteiger partial charge in [-0.15, -0.1) is 12.4 Å². The van der Waals surface area contributed by atoms with Crippen LogP contribution < -0.4 is 15.4 Å². The van der Waals surface area contributed by atoms with Gasteiger partial charge >= 0.3 is 0 Å². The number of piperidine rings is 1. The van der Waals surface area contributed by atoms with Crippen molar-refractivity contribution < 1.29 is 9.53 Å². The highest BCUT2D eigenvalue weighted by Crippen LogP contribution is 2.26. The molecule has 25 heavy (non-hydrogen) atoms. The number of ether oxygens (including phenoxy) is 1. The highest BCUT2D eigenvalue weighted by molar-refractivity contribution is 6.30. The zero-order valence-electron chi connectivity index (χ0n) is 13.8. The Morgan fingerprint density at radius 1 is 1.16 bits per heavy atom. The minimum absolute atomic E-state index is 0. The number of carbonyl (C=O) groups is 1. The van der Waals surface area contributed by atoms with Crippen molar-refractivity contribution in [1.29, 1.82) is 0 Å². The van der Waals surface area contributed by atoms with Crippen molar-refractivity contribution in [2.45, 2.75) is 19.4 Å². The van der Waals surface area contributed by atoms with Crippen molar-refractivity contribution in [3.63, 3.8) is 0 Å². The van der Waals surface area contributed by atoms with Crippen LogP contribution in [-0.4, -0.2) is 19.0 Å². The molecule has 1 heterocycles. The molecule has 6 heteroatoms. The molecule has 1 aliphatic heterocycles. The van der Waals surface area contributed by atoms with Gasteiger partial charge in [-0.05, 0) is 55.8 Å². The van der Waals surface area contributed by atoms with Crippen LogP contribution in [0.1, 0.15) is 18.4 Å². The maximum absolute atomic E-state index is 12.4. The molecule has 1 saturated heterocycles. The van der Waals surface area contributed by atoms with Gasteiger partial charge in [0, 0.05) is 10.9 Å². The molecule has 2 aromatic carbocycles. The summed E-state index contributed by atoms with van der Waals surface area (Å²) < 4.78 is 5.88. The number of hydrogen-bond donors (Lipinski definition) is 2. The number of rotatable bonds is 5. The van der Waals surface area contributed by atoms with Crippen LogP contribution in [0.3, 0.4) is 0 Å². The highest BCUT2D eigenvalue weighted by Gasteiger charge is 2.21.